The number of fused-ring (bicyclic) bond motifs is 2. The topological polar surface area (TPSA) is 97.8 Å². The second-order valence-corrected chi connectivity index (χ2v) is 9.46. The Balaban J connectivity index is 1.44. The highest BCUT2D eigenvalue weighted by Gasteiger charge is 2.46. The van der Waals surface area contributed by atoms with Gasteiger partial charge in [0.15, 0.2) is 23.0 Å². The molecular formula is C29H26N2O7. The quantitative estimate of drug-likeness (QED) is 0.311. The number of Topliss-reactive ketones (excluding diaryl/α,β-unsaturated/α-hetero) is 1. The maximum absolute atomic E-state index is 13.4. The summed E-state index contributed by atoms with van der Waals surface area (Å²) in [5.41, 5.74) is 2.82. The first-order valence-corrected chi connectivity index (χ1v) is 12.2. The molecule has 1 unspecified atom stereocenters. The fourth-order valence-corrected chi connectivity index (χ4v) is 4.93. The van der Waals surface area contributed by atoms with Gasteiger partial charge in [0.05, 0.1) is 11.6 Å². The molecule has 3 aliphatic rings. The van der Waals surface area contributed by atoms with E-state index >= 15 is 0 Å². The molecule has 0 aromatic heterocycles. The Labute approximate surface area is 219 Å². The summed E-state index contributed by atoms with van der Waals surface area (Å²) in [6.45, 7) is 1.10. The Morgan fingerprint density at radius 2 is 1.53 bits per heavy atom. The number of carbonyl (C=O) groups is 2. The van der Waals surface area contributed by atoms with Gasteiger partial charge in [-0.15, -0.1) is 0 Å². The lowest BCUT2D eigenvalue weighted by molar-refractivity contribution is -0.140. The zero-order valence-corrected chi connectivity index (χ0v) is 21.0. The van der Waals surface area contributed by atoms with Crippen LogP contribution >= 0.6 is 0 Å². The molecule has 9 nitrogen and oxygen atoms in total. The summed E-state index contributed by atoms with van der Waals surface area (Å²) in [6.07, 6.45) is 0. The maximum Gasteiger partial charge on any atom is 0.295 e. The SMILES string of the molecule is CN(C)c1ccc(C2/C(=C(/O)c3ccc4c(c3)OCCO4)C(=O)C(=O)N2Cc2ccc3c(c2)OCO3)cc1. The molecule has 3 aliphatic heterocycles. The number of aliphatic hydroxyl groups excluding tert-OH is 1. The lowest BCUT2D eigenvalue weighted by atomic mass is 9.94. The normalized spacial score (nSPS) is 19.1. The number of anilines is 1. The number of hydrogen-bond donors (Lipinski definition) is 1. The number of carbonyl (C=O) groups excluding carboxylic acids is 2. The molecule has 1 fully saturated rings. The van der Waals surface area contributed by atoms with Gasteiger partial charge in [-0.1, -0.05) is 18.2 Å². The number of rotatable bonds is 5. The minimum Gasteiger partial charge on any atom is -0.507 e. The average molecular weight is 515 g/mol. The minimum atomic E-state index is -0.801. The lowest BCUT2D eigenvalue weighted by Crippen LogP contribution is -2.29. The summed E-state index contributed by atoms with van der Waals surface area (Å²) < 4.78 is 22.1. The van der Waals surface area contributed by atoms with Gasteiger partial charge in [0.2, 0.25) is 6.79 Å². The van der Waals surface area contributed by atoms with Crippen LogP contribution in [-0.2, 0) is 16.1 Å². The molecule has 0 spiro atoms. The van der Waals surface area contributed by atoms with Crippen LogP contribution < -0.4 is 23.8 Å². The summed E-state index contributed by atoms with van der Waals surface area (Å²) in [4.78, 5) is 30.3. The minimum absolute atomic E-state index is 0.0185. The van der Waals surface area contributed by atoms with Crippen molar-refractivity contribution in [2.45, 2.75) is 12.6 Å². The first-order valence-electron chi connectivity index (χ1n) is 12.2. The van der Waals surface area contributed by atoms with Gasteiger partial charge in [-0.2, -0.15) is 0 Å². The Hall–Kier alpha value is -4.66. The summed E-state index contributed by atoms with van der Waals surface area (Å²) in [5.74, 6) is 0.541. The molecule has 0 saturated carbocycles. The average Bonchev–Trinajstić information content (AvgIpc) is 3.50. The third kappa shape index (κ3) is 4.06. The number of aliphatic hydroxyl groups is 1. The van der Waals surface area contributed by atoms with Crippen LogP contribution in [0.1, 0.15) is 22.7 Å². The van der Waals surface area contributed by atoms with E-state index in [0.29, 0.717) is 47.3 Å². The molecule has 3 aromatic rings. The van der Waals surface area contributed by atoms with Crippen molar-refractivity contribution in [3.63, 3.8) is 0 Å². The number of benzene rings is 3. The second-order valence-electron chi connectivity index (χ2n) is 9.46. The highest BCUT2D eigenvalue weighted by Crippen LogP contribution is 2.43. The molecule has 3 aromatic carbocycles. The molecule has 1 atom stereocenters. The van der Waals surface area contributed by atoms with Crippen molar-refractivity contribution >= 4 is 23.1 Å². The molecule has 6 rings (SSSR count). The van der Waals surface area contributed by atoms with Crippen molar-refractivity contribution in [3.8, 4) is 23.0 Å². The fraction of sp³-hybridized carbons (Fsp3) is 0.241. The molecule has 9 heteroatoms. The van der Waals surface area contributed by atoms with Crippen LogP contribution in [0.15, 0.2) is 66.2 Å². The van der Waals surface area contributed by atoms with Crippen molar-refractivity contribution in [1.29, 1.82) is 0 Å². The molecular weight excluding hydrogens is 488 g/mol. The zero-order chi connectivity index (χ0) is 26.4. The second kappa shape index (κ2) is 9.33. The zero-order valence-electron chi connectivity index (χ0n) is 21.0. The number of amides is 1. The molecule has 3 heterocycles. The third-order valence-electron chi connectivity index (χ3n) is 6.87. The van der Waals surface area contributed by atoms with Crippen LogP contribution in [0.5, 0.6) is 23.0 Å². The van der Waals surface area contributed by atoms with Crippen LogP contribution in [0.2, 0.25) is 0 Å². The van der Waals surface area contributed by atoms with E-state index in [0.717, 1.165) is 11.3 Å². The smallest absolute Gasteiger partial charge is 0.295 e. The molecule has 1 saturated heterocycles. The van der Waals surface area contributed by atoms with E-state index in [-0.39, 0.29) is 24.7 Å². The van der Waals surface area contributed by atoms with Crippen molar-refractivity contribution in [1.82, 2.24) is 4.90 Å². The van der Waals surface area contributed by atoms with Gasteiger partial charge in [-0.25, -0.2) is 0 Å². The standard InChI is InChI=1S/C29H26N2O7/c1-30(2)20-7-4-18(5-8-20)26-25(27(32)19-6-10-21-24(14-19)36-12-11-35-21)28(33)29(34)31(26)15-17-3-9-22-23(13-17)38-16-37-22/h3-10,13-14,26,32H,11-12,15-16H2,1-2H3/b27-25-. The monoisotopic (exact) mass is 514 g/mol. The van der Waals surface area contributed by atoms with E-state index in [1.54, 1.807) is 30.3 Å². The number of nitrogens with zero attached hydrogens (tertiary/aromatic N) is 2. The molecule has 38 heavy (non-hydrogen) atoms. The summed E-state index contributed by atoms with van der Waals surface area (Å²) >= 11 is 0. The van der Waals surface area contributed by atoms with Gasteiger partial charge in [0.25, 0.3) is 11.7 Å². The third-order valence-corrected chi connectivity index (χ3v) is 6.87. The highest BCUT2D eigenvalue weighted by atomic mass is 16.7. The Morgan fingerprint density at radius 3 is 2.29 bits per heavy atom. The van der Waals surface area contributed by atoms with Crippen molar-refractivity contribution in [2.75, 3.05) is 39.0 Å². The van der Waals surface area contributed by atoms with E-state index < -0.39 is 17.7 Å². The Kier molecular flexibility index (Phi) is 5.83. The Morgan fingerprint density at radius 1 is 0.868 bits per heavy atom. The molecule has 0 bridgehead atoms. The molecule has 0 aliphatic carbocycles. The summed E-state index contributed by atoms with van der Waals surface area (Å²) in [6, 6.07) is 17.2. The van der Waals surface area contributed by atoms with Gasteiger partial charge in [0.1, 0.15) is 19.0 Å². The van der Waals surface area contributed by atoms with Crippen LogP contribution in [0, 0.1) is 0 Å². The maximum atomic E-state index is 13.4. The summed E-state index contributed by atoms with van der Waals surface area (Å²) in [5, 5.41) is 11.4. The van der Waals surface area contributed by atoms with Crippen molar-refractivity contribution < 1.29 is 33.6 Å². The lowest BCUT2D eigenvalue weighted by Gasteiger charge is -2.26. The number of hydrogen-bond acceptors (Lipinski definition) is 8. The predicted octanol–water partition coefficient (Wildman–Crippen LogP) is 3.87. The van der Waals surface area contributed by atoms with Crippen LogP contribution in [0.4, 0.5) is 5.69 Å². The first kappa shape index (κ1) is 23.7. The largest absolute Gasteiger partial charge is 0.507 e. The molecule has 1 amide bonds. The highest BCUT2D eigenvalue weighted by molar-refractivity contribution is 6.46. The van der Waals surface area contributed by atoms with Gasteiger partial charge in [0, 0.05) is 31.9 Å². The molecule has 194 valence electrons. The van der Waals surface area contributed by atoms with Gasteiger partial charge < -0.3 is 33.9 Å². The summed E-state index contributed by atoms with van der Waals surface area (Å²) in [7, 11) is 3.87. The fourth-order valence-electron chi connectivity index (χ4n) is 4.93. The van der Waals surface area contributed by atoms with E-state index in [2.05, 4.69) is 0 Å². The van der Waals surface area contributed by atoms with Gasteiger partial charge in [-0.3, -0.25) is 9.59 Å². The molecule has 0 radical (unpaired) electrons. The van der Waals surface area contributed by atoms with Gasteiger partial charge in [-0.05, 0) is 53.6 Å². The van der Waals surface area contributed by atoms with Crippen LogP contribution in [-0.4, -0.2) is 55.8 Å². The predicted molar refractivity (Wildman–Crippen MR) is 139 cm³/mol. The van der Waals surface area contributed by atoms with Crippen molar-refractivity contribution in [3.05, 3.63) is 82.9 Å². The van der Waals surface area contributed by atoms with Crippen molar-refractivity contribution in [2.24, 2.45) is 0 Å². The Bertz CT molecular complexity index is 1460. The van der Waals surface area contributed by atoms with E-state index in [1.807, 2.05) is 49.3 Å². The van der Waals surface area contributed by atoms with E-state index in [9.17, 15) is 14.7 Å². The van der Waals surface area contributed by atoms with Crippen LogP contribution in [0.3, 0.4) is 0 Å². The number of ketones is 1. The van der Waals surface area contributed by atoms with Gasteiger partial charge >= 0.3 is 0 Å². The van der Waals surface area contributed by atoms with E-state index in [4.69, 9.17) is 18.9 Å². The first-order chi connectivity index (χ1) is 18.4. The number of ether oxygens (including phenoxy) is 4. The number of likely N-dealkylation sites (tertiary alicyclic amines) is 1. The van der Waals surface area contributed by atoms with E-state index in [1.165, 1.54) is 4.90 Å². The molecule has 1 N–H and O–H groups in total. The van der Waals surface area contributed by atoms with Crippen LogP contribution in [0.25, 0.3) is 5.76 Å².